The van der Waals surface area contributed by atoms with Crippen molar-refractivity contribution >= 4 is 55.3 Å². The van der Waals surface area contributed by atoms with Crippen molar-refractivity contribution in [2.45, 2.75) is 32.2 Å². The molecule has 3 rings (SSSR count). The summed E-state index contributed by atoms with van der Waals surface area (Å²) in [4.78, 5) is 25.1. The molecular weight excluding hydrogens is 614 g/mol. The Labute approximate surface area is 232 Å². The van der Waals surface area contributed by atoms with Gasteiger partial charge in [-0.1, -0.05) is 55.8 Å². The Morgan fingerprint density at radius 1 is 0.972 bits per heavy atom. The molecule has 0 fully saturated rings. The number of rotatable bonds is 9. The van der Waals surface area contributed by atoms with E-state index in [0.29, 0.717) is 42.3 Å². The maximum Gasteiger partial charge on any atom is 0.333 e. The van der Waals surface area contributed by atoms with Gasteiger partial charge >= 0.3 is 5.97 Å². The van der Waals surface area contributed by atoms with Gasteiger partial charge in [-0.25, -0.2) is 4.79 Å². The third-order valence-electron chi connectivity index (χ3n) is 5.39. The van der Waals surface area contributed by atoms with Gasteiger partial charge in [0.05, 0.1) is 34.6 Å². The van der Waals surface area contributed by atoms with Crippen LogP contribution in [0.2, 0.25) is 5.02 Å². The highest BCUT2D eigenvalue weighted by Gasteiger charge is 2.24. The van der Waals surface area contributed by atoms with E-state index in [1.54, 1.807) is 49.6 Å². The zero-order valence-corrected chi connectivity index (χ0v) is 24.2. The molecule has 0 unspecified atom stereocenters. The monoisotopic (exact) mass is 637 g/mol. The van der Waals surface area contributed by atoms with Gasteiger partial charge in [0.25, 0.3) is 0 Å². The summed E-state index contributed by atoms with van der Waals surface area (Å²) in [5.74, 6) is 1.02. The van der Waals surface area contributed by atoms with E-state index < -0.39 is 12.0 Å². The third kappa shape index (κ3) is 6.81. The second kappa shape index (κ2) is 12.6. The van der Waals surface area contributed by atoms with E-state index in [4.69, 9.17) is 25.8 Å². The normalized spacial score (nSPS) is 11.7. The second-order valence-corrected chi connectivity index (χ2v) is 10.4. The Hall–Kier alpha value is -2.55. The number of nitrogens with one attached hydrogen (secondary N) is 1. The van der Waals surface area contributed by atoms with Gasteiger partial charge in [0.2, 0.25) is 5.91 Å². The number of carbonyl (C=O) groups is 2. The largest absolute Gasteiger partial charge is 0.495 e. The molecule has 0 radical (unpaired) electrons. The summed E-state index contributed by atoms with van der Waals surface area (Å²) < 4.78 is 17.8. The van der Waals surface area contributed by atoms with E-state index in [1.165, 1.54) is 7.11 Å². The molecule has 0 saturated carbocycles. The number of hydrogen-bond donors (Lipinski definition) is 1. The van der Waals surface area contributed by atoms with Crippen LogP contribution < -0.4 is 14.8 Å². The molecule has 0 aliphatic rings. The number of methoxy groups -OCH3 is 2. The predicted molar refractivity (Wildman–Crippen MR) is 147 cm³/mol. The van der Waals surface area contributed by atoms with Gasteiger partial charge in [-0.05, 0) is 67.1 Å². The van der Waals surface area contributed by atoms with Crippen LogP contribution in [0.5, 0.6) is 17.2 Å². The molecule has 1 N–H and O–H groups in total. The van der Waals surface area contributed by atoms with Crippen LogP contribution in [0.4, 0.5) is 0 Å². The Balaban J connectivity index is 1.80. The summed E-state index contributed by atoms with van der Waals surface area (Å²) in [6.07, 6.45) is 0.0453. The van der Waals surface area contributed by atoms with Crippen LogP contribution in [0.15, 0.2) is 63.5 Å². The first-order valence-electron chi connectivity index (χ1n) is 11.1. The van der Waals surface area contributed by atoms with Gasteiger partial charge in [0.15, 0.2) is 11.8 Å². The molecule has 0 heterocycles. The lowest BCUT2D eigenvalue weighted by atomic mass is 10.0. The standard InChI is InChI=1S/C27H26Br2ClNO5/c1-15(2)19-13-18(14-22(30)25(19)34-3)36-26-20(28)10-16(11-21(26)29)12-23(32)31-24(27(33)35-4)17-8-6-5-7-9-17/h5-11,13-15,24H,12H2,1-4H3,(H,31,32)/t24-/m1/s1. The first-order chi connectivity index (χ1) is 17.1. The summed E-state index contributed by atoms with van der Waals surface area (Å²) >= 11 is 13.5. The molecule has 0 aromatic heterocycles. The molecule has 1 atom stereocenters. The lowest BCUT2D eigenvalue weighted by Crippen LogP contribution is -2.35. The van der Waals surface area contributed by atoms with E-state index in [9.17, 15) is 9.59 Å². The van der Waals surface area contributed by atoms with Crippen LogP contribution in [0.3, 0.4) is 0 Å². The molecule has 0 aliphatic heterocycles. The maximum absolute atomic E-state index is 12.8. The number of esters is 1. The van der Waals surface area contributed by atoms with E-state index in [0.717, 1.165) is 5.56 Å². The molecule has 9 heteroatoms. The van der Waals surface area contributed by atoms with Crippen LogP contribution in [-0.2, 0) is 20.7 Å². The number of hydrogen-bond acceptors (Lipinski definition) is 5. The van der Waals surface area contributed by atoms with Crippen molar-refractivity contribution in [3.05, 3.63) is 85.3 Å². The number of carbonyl (C=O) groups excluding carboxylic acids is 2. The van der Waals surface area contributed by atoms with Crippen LogP contribution in [-0.4, -0.2) is 26.1 Å². The fourth-order valence-electron chi connectivity index (χ4n) is 3.66. The number of amides is 1. The quantitative estimate of drug-likeness (QED) is 0.248. The highest BCUT2D eigenvalue weighted by atomic mass is 79.9. The second-order valence-electron chi connectivity index (χ2n) is 8.28. The summed E-state index contributed by atoms with van der Waals surface area (Å²) in [5, 5.41) is 3.21. The molecule has 0 bridgehead atoms. The minimum atomic E-state index is -0.895. The molecule has 0 spiro atoms. The lowest BCUT2D eigenvalue weighted by molar-refractivity contribution is -0.145. The van der Waals surface area contributed by atoms with Crippen molar-refractivity contribution in [1.82, 2.24) is 5.32 Å². The van der Waals surface area contributed by atoms with Crippen molar-refractivity contribution in [1.29, 1.82) is 0 Å². The lowest BCUT2D eigenvalue weighted by Gasteiger charge is -2.18. The van der Waals surface area contributed by atoms with Crippen molar-refractivity contribution in [2.75, 3.05) is 14.2 Å². The average Bonchev–Trinajstić information content (AvgIpc) is 2.84. The SMILES string of the molecule is COC(=O)[C@H](NC(=O)Cc1cc(Br)c(Oc2cc(Cl)c(OC)c(C(C)C)c2)c(Br)c1)c1ccccc1. The van der Waals surface area contributed by atoms with Gasteiger partial charge in [0.1, 0.15) is 11.5 Å². The van der Waals surface area contributed by atoms with Crippen LogP contribution >= 0.6 is 43.5 Å². The molecule has 6 nitrogen and oxygen atoms in total. The van der Waals surface area contributed by atoms with Crippen LogP contribution in [0, 0.1) is 0 Å². The van der Waals surface area contributed by atoms with E-state index in [-0.39, 0.29) is 18.2 Å². The van der Waals surface area contributed by atoms with Gasteiger partial charge in [-0.2, -0.15) is 0 Å². The minimum absolute atomic E-state index is 0.0453. The van der Waals surface area contributed by atoms with E-state index in [1.807, 2.05) is 26.0 Å². The highest BCUT2D eigenvalue weighted by molar-refractivity contribution is 9.11. The molecule has 190 valence electrons. The van der Waals surface area contributed by atoms with Crippen molar-refractivity contribution < 1.29 is 23.8 Å². The van der Waals surface area contributed by atoms with Crippen LogP contribution in [0.25, 0.3) is 0 Å². The van der Waals surface area contributed by atoms with E-state index >= 15 is 0 Å². The molecular formula is C27H26Br2ClNO5. The Morgan fingerprint density at radius 3 is 2.17 bits per heavy atom. The van der Waals surface area contributed by atoms with Gasteiger partial charge in [-0.15, -0.1) is 0 Å². The smallest absolute Gasteiger partial charge is 0.333 e. The number of benzene rings is 3. The maximum atomic E-state index is 12.8. The fraction of sp³-hybridized carbons (Fsp3) is 0.259. The molecule has 3 aromatic carbocycles. The molecule has 0 saturated heterocycles. The van der Waals surface area contributed by atoms with Gasteiger partial charge in [-0.3, -0.25) is 4.79 Å². The summed E-state index contributed by atoms with van der Waals surface area (Å²) in [6.45, 7) is 4.10. The topological polar surface area (TPSA) is 73.9 Å². The van der Waals surface area contributed by atoms with Gasteiger partial charge < -0.3 is 19.5 Å². The van der Waals surface area contributed by atoms with Crippen molar-refractivity contribution in [3.8, 4) is 17.2 Å². The third-order valence-corrected chi connectivity index (χ3v) is 6.85. The van der Waals surface area contributed by atoms with Crippen molar-refractivity contribution in [2.24, 2.45) is 0 Å². The Kier molecular flexibility index (Phi) is 9.82. The Bertz CT molecular complexity index is 1230. The molecule has 3 aromatic rings. The first-order valence-corrected chi connectivity index (χ1v) is 13.1. The molecule has 36 heavy (non-hydrogen) atoms. The summed E-state index contributed by atoms with van der Waals surface area (Å²) in [7, 11) is 2.88. The van der Waals surface area contributed by atoms with Crippen LogP contribution in [0.1, 0.15) is 42.5 Å². The summed E-state index contributed by atoms with van der Waals surface area (Å²) in [5.41, 5.74) is 2.28. The molecule has 1 amide bonds. The average molecular weight is 640 g/mol. The molecule has 0 aliphatic carbocycles. The summed E-state index contributed by atoms with van der Waals surface area (Å²) in [6, 6.07) is 15.2. The zero-order chi connectivity index (χ0) is 26.4. The first kappa shape index (κ1) is 28.0. The fourth-order valence-corrected chi connectivity index (χ4v) is 5.40. The Morgan fingerprint density at radius 2 is 1.61 bits per heavy atom. The number of halogens is 3. The zero-order valence-electron chi connectivity index (χ0n) is 20.2. The minimum Gasteiger partial charge on any atom is -0.495 e. The highest BCUT2D eigenvalue weighted by Crippen LogP contribution is 2.42. The predicted octanol–water partition coefficient (Wildman–Crippen LogP) is 7.36. The van der Waals surface area contributed by atoms with Gasteiger partial charge in [0, 0.05) is 11.6 Å². The van der Waals surface area contributed by atoms with Crippen molar-refractivity contribution in [3.63, 3.8) is 0 Å². The number of ether oxygens (including phenoxy) is 3. The van der Waals surface area contributed by atoms with E-state index in [2.05, 4.69) is 37.2 Å².